The van der Waals surface area contributed by atoms with Gasteiger partial charge in [-0.3, -0.25) is 0 Å². The van der Waals surface area contributed by atoms with Gasteiger partial charge in [0.2, 0.25) is 17.8 Å². The molecule has 8 nitrogen and oxygen atoms in total. The van der Waals surface area contributed by atoms with E-state index in [2.05, 4.69) is 21.1 Å². The summed E-state index contributed by atoms with van der Waals surface area (Å²) in [5.41, 5.74) is 0. The Labute approximate surface area is 118 Å². The van der Waals surface area contributed by atoms with Gasteiger partial charge >= 0.3 is 0 Å². The molecule has 1 fully saturated rings. The average molecular weight is 277 g/mol. The molecule has 0 N–H and O–H groups in total. The Kier molecular flexibility index (Phi) is 4.53. The molecule has 108 valence electrons. The van der Waals surface area contributed by atoms with Gasteiger partial charge in [0.1, 0.15) is 0 Å². The fourth-order valence-corrected chi connectivity index (χ4v) is 1.83. The Morgan fingerprint density at radius 3 is 2.40 bits per heavy atom. The first-order chi connectivity index (χ1) is 9.65. The van der Waals surface area contributed by atoms with Gasteiger partial charge in [-0.2, -0.15) is 20.2 Å². The van der Waals surface area contributed by atoms with Crippen LogP contribution in [-0.2, 0) is 4.74 Å². The zero-order valence-corrected chi connectivity index (χ0v) is 12.1. The number of hydrogen-bond donors (Lipinski definition) is 0. The van der Waals surface area contributed by atoms with Gasteiger partial charge in [0.25, 0.3) is 0 Å². The summed E-state index contributed by atoms with van der Waals surface area (Å²) in [6.07, 6.45) is 2.08. The highest BCUT2D eigenvalue weighted by molar-refractivity contribution is 5.48. The van der Waals surface area contributed by atoms with Crippen LogP contribution >= 0.6 is 0 Å². The second-order valence-electron chi connectivity index (χ2n) is 4.57. The molecule has 1 aromatic rings. The van der Waals surface area contributed by atoms with E-state index in [9.17, 15) is 0 Å². The predicted octanol–water partition coefficient (Wildman–Crippen LogP) is 0.0816. The molecule has 0 aromatic carbocycles. The quantitative estimate of drug-likeness (QED) is 0.565. The minimum absolute atomic E-state index is 0.384. The lowest BCUT2D eigenvalue weighted by Gasteiger charge is -2.28. The number of anilines is 3. The second-order valence-corrected chi connectivity index (χ2v) is 4.57. The summed E-state index contributed by atoms with van der Waals surface area (Å²) in [5, 5.41) is 9.14. The number of nitriles is 1. The lowest BCUT2D eigenvalue weighted by Crippen LogP contribution is -2.38. The maximum atomic E-state index is 9.14. The summed E-state index contributed by atoms with van der Waals surface area (Å²) in [7, 11) is 3.73. The third-order valence-electron chi connectivity index (χ3n) is 2.97. The van der Waals surface area contributed by atoms with Gasteiger partial charge in [-0.25, -0.2) is 4.90 Å². The Morgan fingerprint density at radius 2 is 1.85 bits per heavy atom. The summed E-state index contributed by atoms with van der Waals surface area (Å²) < 4.78 is 5.33. The molecule has 1 aliphatic rings. The van der Waals surface area contributed by atoms with E-state index in [0.717, 1.165) is 13.1 Å². The molecule has 8 heteroatoms. The average Bonchev–Trinajstić information content (AvgIpc) is 2.49. The minimum Gasteiger partial charge on any atom is -0.378 e. The van der Waals surface area contributed by atoms with Gasteiger partial charge in [0.15, 0.2) is 6.19 Å². The molecular formula is C12H19N7O. The zero-order chi connectivity index (χ0) is 14.5. The van der Waals surface area contributed by atoms with Crippen LogP contribution in [0.4, 0.5) is 17.8 Å². The van der Waals surface area contributed by atoms with E-state index in [1.807, 2.05) is 25.9 Å². The van der Waals surface area contributed by atoms with Crippen molar-refractivity contribution < 1.29 is 4.74 Å². The standard InChI is InChI=1S/C12H19N7O/c1-4-18(9-13)11-14-10(17(2)3)15-12(16-11)19-5-7-20-8-6-19/h4-8H2,1-3H3. The second kappa shape index (κ2) is 6.34. The smallest absolute Gasteiger partial charge is 0.245 e. The molecule has 0 atom stereocenters. The summed E-state index contributed by atoms with van der Waals surface area (Å²) in [4.78, 5) is 18.5. The van der Waals surface area contributed by atoms with Gasteiger partial charge in [-0.1, -0.05) is 0 Å². The Morgan fingerprint density at radius 1 is 1.20 bits per heavy atom. The fourth-order valence-electron chi connectivity index (χ4n) is 1.83. The monoisotopic (exact) mass is 277 g/mol. The van der Waals surface area contributed by atoms with E-state index in [-0.39, 0.29) is 0 Å². The van der Waals surface area contributed by atoms with Crippen molar-refractivity contribution in [3.8, 4) is 6.19 Å². The van der Waals surface area contributed by atoms with Crippen LogP contribution in [0.2, 0.25) is 0 Å². The Hall–Kier alpha value is -2.14. The topological polar surface area (TPSA) is 81.4 Å². The van der Waals surface area contributed by atoms with E-state index >= 15 is 0 Å². The molecule has 1 aliphatic heterocycles. The molecule has 0 radical (unpaired) electrons. The van der Waals surface area contributed by atoms with Crippen molar-refractivity contribution in [2.45, 2.75) is 6.92 Å². The molecule has 0 unspecified atom stereocenters. The van der Waals surface area contributed by atoms with Gasteiger partial charge in [0, 0.05) is 33.7 Å². The molecular weight excluding hydrogens is 258 g/mol. The summed E-state index contributed by atoms with van der Waals surface area (Å²) in [6, 6.07) is 0. The van der Waals surface area contributed by atoms with E-state index in [1.54, 1.807) is 4.90 Å². The van der Waals surface area contributed by atoms with Crippen LogP contribution in [0.15, 0.2) is 0 Å². The highest BCUT2D eigenvalue weighted by Crippen LogP contribution is 2.18. The van der Waals surface area contributed by atoms with Crippen molar-refractivity contribution in [2.24, 2.45) is 0 Å². The van der Waals surface area contributed by atoms with E-state index in [0.29, 0.717) is 37.6 Å². The minimum atomic E-state index is 0.384. The number of ether oxygens (including phenoxy) is 1. The van der Waals surface area contributed by atoms with Crippen molar-refractivity contribution >= 4 is 17.8 Å². The lowest BCUT2D eigenvalue weighted by molar-refractivity contribution is 0.122. The predicted molar refractivity (Wildman–Crippen MR) is 75.8 cm³/mol. The van der Waals surface area contributed by atoms with Crippen molar-refractivity contribution in [3.63, 3.8) is 0 Å². The largest absolute Gasteiger partial charge is 0.378 e. The maximum Gasteiger partial charge on any atom is 0.245 e. The fraction of sp³-hybridized carbons (Fsp3) is 0.667. The van der Waals surface area contributed by atoms with E-state index < -0.39 is 0 Å². The van der Waals surface area contributed by atoms with Crippen molar-refractivity contribution in [3.05, 3.63) is 0 Å². The van der Waals surface area contributed by atoms with Crippen LogP contribution < -0.4 is 14.7 Å². The molecule has 0 aliphatic carbocycles. The highest BCUT2D eigenvalue weighted by Gasteiger charge is 2.19. The third kappa shape index (κ3) is 3.05. The Bertz CT molecular complexity index is 493. The van der Waals surface area contributed by atoms with Crippen LogP contribution in [0.1, 0.15) is 6.92 Å². The summed E-state index contributed by atoms with van der Waals surface area (Å²) in [6.45, 7) is 5.22. The van der Waals surface area contributed by atoms with Crippen LogP contribution in [0.3, 0.4) is 0 Å². The van der Waals surface area contributed by atoms with Gasteiger partial charge in [-0.15, -0.1) is 0 Å². The lowest BCUT2D eigenvalue weighted by atomic mass is 10.4. The number of rotatable bonds is 4. The van der Waals surface area contributed by atoms with Crippen molar-refractivity contribution in [2.75, 3.05) is 61.6 Å². The summed E-state index contributed by atoms with van der Waals surface area (Å²) >= 11 is 0. The first kappa shape index (κ1) is 14.3. The van der Waals surface area contributed by atoms with Crippen molar-refractivity contribution in [1.29, 1.82) is 5.26 Å². The molecule has 0 amide bonds. The van der Waals surface area contributed by atoms with Crippen molar-refractivity contribution in [1.82, 2.24) is 15.0 Å². The molecule has 20 heavy (non-hydrogen) atoms. The summed E-state index contributed by atoms with van der Waals surface area (Å²) in [5.74, 6) is 1.52. The number of aromatic nitrogens is 3. The van der Waals surface area contributed by atoms with Crippen LogP contribution in [0.25, 0.3) is 0 Å². The molecule has 2 heterocycles. The number of hydrogen-bond acceptors (Lipinski definition) is 8. The van der Waals surface area contributed by atoms with E-state index in [1.165, 1.54) is 4.90 Å². The molecule has 0 bridgehead atoms. The first-order valence-corrected chi connectivity index (χ1v) is 6.59. The normalized spacial score (nSPS) is 14.8. The molecule has 1 aromatic heterocycles. The highest BCUT2D eigenvalue weighted by atomic mass is 16.5. The maximum absolute atomic E-state index is 9.14. The number of morpholine rings is 1. The molecule has 2 rings (SSSR count). The van der Waals surface area contributed by atoms with Gasteiger partial charge < -0.3 is 14.5 Å². The Balaban J connectivity index is 2.37. The van der Waals surface area contributed by atoms with E-state index in [4.69, 9.17) is 10.00 Å². The molecule has 1 saturated heterocycles. The molecule has 0 saturated carbocycles. The van der Waals surface area contributed by atoms with Crippen LogP contribution in [-0.4, -0.2) is 61.9 Å². The zero-order valence-electron chi connectivity index (χ0n) is 12.1. The van der Waals surface area contributed by atoms with Crippen LogP contribution in [0.5, 0.6) is 0 Å². The first-order valence-electron chi connectivity index (χ1n) is 6.59. The van der Waals surface area contributed by atoms with Crippen LogP contribution in [0, 0.1) is 11.5 Å². The third-order valence-corrected chi connectivity index (χ3v) is 2.97. The van der Waals surface area contributed by atoms with Gasteiger partial charge in [0.05, 0.1) is 13.2 Å². The number of nitrogens with zero attached hydrogens (tertiary/aromatic N) is 7. The van der Waals surface area contributed by atoms with Gasteiger partial charge in [-0.05, 0) is 6.92 Å². The SMILES string of the molecule is CCN(C#N)c1nc(N(C)C)nc(N2CCOCC2)n1. The molecule has 0 spiro atoms.